The van der Waals surface area contributed by atoms with E-state index in [0.717, 1.165) is 0 Å². The number of benzene rings is 1. The highest BCUT2D eigenvalue weighted by Gasteiger charge is 2.39. The lowest BCUT2D eigenvalue weighted by Crippen LogP contribution is -2.07. The molecule has 84 valence electrons. The number of hydrogen-bond acceptors (Lipinski definition) is 2. The van der Waals surface area contributed by atoms with Crippen LogP contribution in [0.4, 0.5) is 13.2 Å². The first-order chi connectivity index (χ1) is 7.50. The second-order valence-electron chi connectivity index (χ2n) is 3.34. The molecule has 0 aliphatic carbocycles. The Kier molecular flexibility index (Phi) is 2.46. The molecule has 0 N–H and O–H groups in total. The molecule has 2 aromatic rings. The molecule has 2 nitrogen and oxygen atoms in total. The molecule has 0 fully saturated rings. The molecule has 0 saturated carbocycles. The third kappa shape index (κ3) is 1.80. The zero-order chi connectivity index (χ0) is 11.8. The molecule has 0 atom stereocenters. The maximum absolute atomic E-state index is 12.7. The number of hydrogen-bond donors (Lipinski definition) is 0. The summed E-state index contributed by atoms with van der Waals surface area (Å²) in [6.07, 6.45) is -4.45. The van der Waals surface area contributed by atoms with Gasteiger partial charge in [-0.15, -0.1) is 0 Å². The summed E-state index contributed by atoms with van der Waals surface area (Å²) < 4.78 is 42.9. The van der Waals surface area contributed by atoms with Crippen molar-refractivity contribution in [2.75, 3.05) is 0 Å². The van der Waals surface area contributed by atoms with Gasteiger partial charge in [0.2, 0.25) is 0 Å². The first-order valence-electron chi connectivity index (χ1n) is 4.59. The summed E-state index contributed by atoms with van der Waals surface area (Å²) in [4.78, 5) is 0. The Bertz CT molecular complexity index is 488. The first-order valence-corrected chi connectivity index (χ1v) is 4.59. The molecule has 5 heteroatoms. The molecule has 0 spiro atoms. The number of aryl methyl sites for hydroxylation is 1. The minimum atomic E-state index is -4.45. The molecular weight excluding hydrogens is 219 g/mol. The van der Waals surface area contributed by atoms with Crippen molar-refractivity contribution in [2.45, 2.75) is 13.1 Å². The van der Waals surface area contributed by atoms with E-state index in [1.807, 2.05) is 0 Å². The molecule has 0 aliphatic heterocycles. The molecule has 0 radical (unpaired) electrons. The van der Waals surface area contributed by atoms with E-state index in [9.17, 15) is 13.2 Å². The maximum Gasteiger partial charge on any atom is 0.421 e. The third-order valence-electron chi connectivity index (χ3n) is 2.18. The smallest absolute Gasteiger partial charge is 0.355 e. The monoisotopic (exact) mass is 227 g/mol. The molecule has 2 rings (SSSR count). The summed E-state index contributed by atoms with van der Waals surface area (Å²) in [5.41, 5.74) is -0.583. The van der Waals surface area contributed by atoms with E-state index in [0.29, 0.717) is 5.56 Å². The van der Waals surface area contributed by atoms with Gasteiger partial charge in [-0.05, 0) is 6.92 Å². The van der Waals surface area contributed by atoms with E-state index in [2.05, 4.69) is 5.16 Å². The van der Waals surface area contributed by atoms with Gasteiger partial charge in [-0.25, -0.2) is 0 Å². The van der Waals surface area contributed by atoms with E-state index in [4.69, 9.17) is 4.52 Å². The van der Waals surface area contributed by atoms with Crippen molar-refractivity contribution in [1.82, 2.24) is 5.16 Å². The van der Waals surface area contributed by atoms with Gasteiger partial charge in [0.1, 0.15) is 5.56 Å². The minimum Gasteiger partial charge on any atom is -0.355 e. The molecule has 1 heterocycles. The molecule has 0 saturated heterocycles. The van der Waals surface area contributed by atoms with Crippen LogP contribution < -0.4 is 0 Å². The van der Waals surface area contributed by atoms with Gasteiger partial charge in [-0.3, -0.25) is 0 Å². The van der Waals surface area contributed by atoms with Crippen LogP contribution in [0.25, 0.3) is 11.3 Å². The Morgan fingerprint density at radius 3 is 2.31 bits per heavy atom. The van der Waals surface area contributed by atoms with Crippen molar-refractivity contribution in [2.24, 2.45) is 0 Å². The lowest BCUT2D eigenvalue weighted by atomic mass is 10.1. The third-order valence-corrected chi connectivity index (χ3v) is 2.18. The lowest BCUT2D eigenvalue weighted by Gasteiger charge is -2.06. The fraction of sp³-hybridized carbons (Fsp3) is 0.182. The Morgan fingerprint density at radius 2 is 1.75 bits per heavy atom. The molecule has 16 heavy (non-hydrogen) atoms. The number of aromatic nitrogens is 1. The summed E-state index contributed by atoms with van der Waals surface area (Å²) in [5.74, 6) is -0.231. The number of halogens is 3. The fourth-order valence-electron chi connectivity index (χ4n) is 1.49. The van der Waals surface area contributed by atoms with Crippen LogP contribution in [0.5, 0.6) is 0 Å². The fourth-order valence-corrected chi connectivity index (χ4v) is 1.49. The number of alkyl halides is 3. The Labute approximate surface area is 89.7 Å². The minimum absolute atomic E-state index is 0.147. The lowest BCUT2D eigenvalue weighted by molar-refractivity contribution is -0.137. The van der Waals surface area contributed by atoms with Crippen LogP contribution in [0.3, 0.4) is 0 Å². The van der Waals surface area contributed by atoms with Crippen LogP contribution in [0.2, 0.25) is 0 Å². The Morgan fingerprint density at radius 1 is 1.12 bits per heavy atom. The van der Waals surface area contributed by atoms with E-state index in [1.165, 1.54) is 6.92 Å². The van der Waals surface area contributed by atoms with Crippen molar-refractivity contribution in [3.8, 4) is 11.3 Å². The SMILES string of the molecule is Cc1noc(-c2ccccc2)c1C(F)(F)F. The van der Waals surface area contributed by atoms with Crippen LogP contribution in [0.15, 0.2) is 34.9 Å². The van der Waals surface area contributed by atoms with Crippen molar-refractivity contribution >= 4 is 0 Å². The topological polar surface area (TPSA) is 26.0 Å². The highest BCUT2D eigenvalue weighted by Crippen LogP contribution is 2.38. The zero-order valence-corrected chi connectivity index (χ0v) is 8.38. The highest BCUT2D eigenvalue weighted by atomic mass is 19.4. The summed E-state index contributed by atoms with van der Waals surface area (Å²) in [6, 6.07) is 8.12. The normalized spacial score (nSPS) is 11.8. The van der Waals surface area contributed by atoms with Crippen molar-refractivity contribution in [3.05, 3.63) is 41.6 Å². The van der Waals surface area contributed by atoms with Gasteiger partial charge in [-0.2, -0.15) is 13.2 Å². The molecular formula is C11H8F3NO. The van der Waals surface area contributed by atoms with Crippen LogP contribution in [0.1, 0.15) is 11.3 Å². The Hall–Kier alpha value is -1.78. The van der Waals surface area contributed by atoms with Crippen LogP contribution >= 0.6 is 0 Å². The first kappa shape index (κ1) is 10.7. The molecule has 0 bridgehead atoms. The predicted octanol–water partition coefficient (Wildman–Crippen LogP) is 3.67. The molecule has 0 unspecified atom stereocenters. The molecule has 0 aliphatic rings. The summed E-state index contributed by atoms with van der Waals surface area (Å²) in [7, 11) is 0. The van der Waals surface area contributed by atoms with Crippen LogP contribution in [-0.4, -0.2) is 5.16 Å². The van der Waals surface area contributed by atoms with Crippen molar-refractivity contribution < 1.29 is 17.7 Å². The quantitative estimate of drug-likeness (QED) is 0.742. The summed E-state index contributed by atoms with van der Waals surface area (Å²) in [5, 5.41) is 3.36. The number of nitrogens with zero attached hydrogens (tertiary/aromatic N) is 1. The predicted molar refractivity (Wildman–Crippen MR) is 51.7 cm³/mol. The van der Waals surface area contributed by atoms with E-state index >= 15 is 0 Å². The molecule has 1 aromatic heterocycles. The van der Waals surface area contributed by atoms with Crippen LogP contribution in [0, 0.1) is 6.92 Å². The average molecular weight is 227 g/mol. The van der Waals surface area contributed by atoms with Gasteiger partial charge in [-0.1, -0.05) is 35.5 Å². The van der Waals surface area contributed by atoms with Crippen molar-refractivity contribution in [3.63, 3.8) is 0 Å². The number of rotatable bonds is 1. The summed E-state index contributed by atoms with van der Waals surface area (Å²) in [6.45, 7) is 1.28. The van der Waals surface area contributed by atoms with Crippen molar-refractivity contribution in [1.29, 1.82) is 0 Å². The van der Waals surface area contributed by atoms with Gasteiger partial charge in [0.05, 0.1) is 5.69 Å². The second kappa shape index (κ2) is 3.66. The van der Waals surface area contributed by atoms with Gasteiger partial charge >= 0.3 is 6.18 Å². The average Bonchev–Trinajstić information content (AvgIpc) is 2.61. The molecule has 0 amide bonds. The Balaban J connectivity index is 2.60. The van der Waals surface area contributed by atoms with E-state index in [1.54, 1.807) is 30.3 Å². The maximum atomic E-state index is 12.7. The van der Waals surface area contributed by atoms with E-state index in [-0.39, 0.29) is 11.5 Å². The van der Waals surface area contributed by atoms with Gasteiger partial charge in [0.25, 0.3) is 0 Å². The molecule has 1 aromatic carbocycles. The summed E-state index contributed by atoms with van der Waals surface area (Å²) >= 11 is 0. The highest BCUT2D eigenvalue weighted by molar-refractivity contribution is 5.62. The zero-order valence-electron chi connectivity index (χ0n) is 8.38. The largest absolute Gasteiger partial charge is 0.421 e. The van der Waals surface area contributed by atoms with Crippen LogP contribution in [-0.2, 0) is 6.18 Å². The van der Waals surface area contributed by atoms with Gasteiger partial charge < -0.3 is 4.52 Å². The van der Waals surface area contributed by atoms with Gasteiger partial charge in [0.15, 0.2) is 5.76 Å². The van der Waals surface area contributed by atoms with E-state index < -0.39 is 11.7 Å². The standard InChI is InChI=1S/C11H8F3NO/c1-7-9(11(12,13)14)10(16-15-7)8-5-3-2-4-6-8/h2-6H,1H3. The van der Waals surface area contributed by atoms with Gasteiger partial charge in [0, 0.05) is 5.56 Å². The second-order valence-corrected chi connectivity index (χ2v) is 3.34.